The lowest BCUT2D eigenvalue weighted by Gasteiger charge is -2.41. The van der Waals surface area contributed by atoms with Crippen LogP contribution in [-0.2, 0) is 14.3 Å². The van der Waals surface area contributed by atoms with Gasteiger partial charge in [-0.1, -0.05) is 48.5 Å². The summed E-state index contributed by atoms with van der Waals surface area (Å²) >= 11 is 0. The van der Waals surface area contributed by atoms with Crippen molar-refractivity contribution < 1.29 is 24.2 Å². The van der Waals surface area contributed by atoms with Gasteiger partial charge in [-0.3, -0.25) is 4.79 Å². The average Bonchev–Trinajstić information content (AvgIpc) is 3.11. The highest BCUT2D eigenvalue weighted by atomic mass is 16.5. The van der Waals surface area contributed by atoms with Crippen LogP contribution >= 0.6 is 0 Å². The number of benzene rings is 2. The fourth-order valence-corrected chi connectivity index (χ4v) is 4.71. The topological polar surface area (TPSA) is 108 Å². The largest absolute Gasteiger partial charge is 0.480 e. The minimum atomic E-state index is -1.13. The second kappa shape index (κ2) is 9.85. The smallest absolute Gasteiger partial charge is 0.408 e. The zero-order valence-corrected chi connectivity index (χ0v) is 19.5. The molecule has 2 amide bonds. The number of nitrogens with zero attached hydrogens (tertiary/aromatic N) is 1. The highest BCUT2D eigenvalue weighted by molar-refractivity contribution is 5.93. The van der Waals surface area contributed by atoms with Crippen molar-refractivity contribution in [3.63, 3.8) is 0 Å². The van der Waals surface area contributed by atoms with Gasteiger partial charge < -0.3 is 25.4 Å². The summed E-state index contributed by atoms with van der Waals surface area (Å²) in [6, 6.07) is 15.1. The number of carbonyl (C=O) groups is 3. The van der Waals surface area contributed by atoms with Crippen LogP contribution in [0.3, 0.4) is 0 Å². The second-order valence-corrected chi connectivity index (χ2v) is 9.34. The predicted octanol–water partition coefficient (Wildman–Crippen LogP) is 2.97. The van der Waals surface area contributed by atoms with Gasteiger partial charge in [0.2, 0.25) is 5.91 Å². The van der Waals surface area contributed by atoms with Crippen molar-refractivity contribution in [2.45, 2.75) is 43.2 Å². The van der Waals surface area contributed by atoms with Gasteiger partial charge in [-0.25, -0.2) is 9.59 Å². The molecule has 0 saturated heterocycles. The van der Waals surface area contributed by atoms with E-state index in [2.05, 4.69) is 22.8 Å². The van der Waals surface area contributed by atoms with Crippen LogP contribution in [0.25, 0.3) is 11.1 Å². The molecule has 4 rings (SSSR count). The average molecular weight is 466 g/mol. The van der Waals surface area contributed by atoms with Crippen LogP contribution < -0.4 is 10.6 Å². The van der Waals surface area contributed by atoms with E-state index < -0.39 is 29.6 Å². The highest BCUT2D eigenvalue weighted by Gasteiger charge is 2.47. The standard InChI is InChI=1S/C26H31N3O5/c1-29(2)15-12-22(23(30)31)27-24(32)26(13-7-14-26)28-25(33)34-16-21-19-10-5-3-8-17(19)18-9-4-6-11-20(18)21/h3-6,8-11,21-22H,7,12-16H2,1-2H3,(H,27,32)(H,28,33)(H,30,31). The highest BCUT2D eigenvalue weighted by Crippen LogP contribution is 2.44. The normalized spacial score (nSPS) is 16.7. The first-order valence-electron chi connectivity index (χ1n) is 11.6. The van der Waals surface area contributed by atoms with Crippen molar-refractivity contribution in [3.05, 3.63) is 59.7 Å². The van der Waals surface area contributed by atoms with E-state index in [9.17, 15) is 19.5 Å². The molecule has 0 aliphatic heterocycles. The second-order valence-electron chi connectivity index (χ2n) is 9.34. The minimum Gasteiger partial charge on any atom is -0.480 e. The van der Waals surface area contributed by atoms with E-state index in [4.69, 9.17) is 4.74 Å². The number of ether oxygens (including phenoxy) is 1. The molecule has 3 N–H and O–H groups in total. The molecule has 2 aliphatic rings. The maximum absolute atomic E-state index is 13.0. The minimum absolute atomic E-state index is 0.0771. The monoisotopic (exact) mass is 465 g/mol. The van der Waals surface area contributed by atoms with Gasteiger partial charge in [0.25, 0.3) is 0 Å². The number of hydrogen-bond acceptors (Lipinski definition) is 5. The van der Waals surface area contributed by atoms with Crippen molar-refractivity contribution in [3.8, 4) is 11.1 Å². The van der Waals surface area contributed by atoms with Gasteiger partial charge in [-0.05, 0) is 62.0 Å². The maximum Gasteiger partial charge on any atom is 0.408 e. The van der Waals surface area contributed by atoms with E-state index in [1.54, 1.807) is 0 Å². The third kappa shape index (κ3) is 4.77. The van der Waals surface area contributed by atoms with E-state index in [0.717, 1.165) is 28.7 Å². The molecule has 1 atom stereocenters. The molecule has 0 heterocycles. The Balaban J connectivity index is 1.39. The summed E-state index contributed by atoms with van der Waals surface area (Å²) in [4.78, 5) is 39.2. The number of hydrogen-bond donors (Lipinski definition) is 3. The molecule has 2 aromatic carbocycles. The molecular weight excluding hydrogens is 434 g/mol. The summed E-state index contributed by atoms with van der Waals surface area (Å²) < 4.78 is 5.60. The van der Waals surface area contributed by atoms with E-state index in [-0.39, 0.29) is 18.9 Å². The summed E-state index contributed by atoms with van der Waals surface area (Å²) in [6.45, 7) is 0.669. The number of rotatable bonds is 9. The molecule has 1 saturated carbocycles. The van der Waals surface area contributed by atoms with Gasteiger partial charge in [0, 0.05) is 12.5 Å². The summed E-state index contributed by atoms with van der Waals surface area (Å²) in [6.07, 6.45) is 1.27. The Morgan fingerprint density at radius 1 is 1.06 bits per heavy atom. The summed E-state index contributed by atoms with van der Waals surface area (Å²) in [5.41, 5.74) is 3.36. The summed E-state index contributed by atoms with van der Waals surface area (Å²) in [7, 11) is 3.68. The van der Waals surface area contributed by atoms with Crippen molar-refractivity contribution >= 4 is 18.0 Å². The Morgan fingerprint density at radius 2 is 1.65 bits per heavy atom. The van der Waals surface area contributed by atoms with Gasteiger partial charge >= 0.3 is 12.1 Å². The first kappa shape index (κ1) is 23.8. The van der Waals surface area contributed by atoms with Crippen molar-refractivity contribution in [1.82, 2.24) is 15.5 Å². The van der Waals surface area contributed by atoms with Crippen LogP contribution in [0.4, 0.5) is 4.79 Å². The van der Waals surface area contributed by atoms with Crippen LogP contribution in [0.2, 0.25) is 0 Å². The zero-order valence-electron chi connectivity index (χ0n) is 19.5. The first-order chi connectivity index (χ1) is 16.3. The van der Waals surface area contributed by atoms with Crippen molar-refractivity contribution in [2.75, 3.05) is 27.2 Å². The molecule has 0 spiro atoms. The number of carboxylic acid groups (broad SMARTS) is 1. The molecule has 0 aromatic heterocycles. The lowest BCUT2D eigenvalue weighted by Crippen LogP contribution is -2.64. The lowest BCUT2D eigenvalue weighted by molar-refractivity contribution is -0.144. The van der Waals surface area contributed by atoms with Gasteiger partial charge in [-0.15, -0.1) is 0 Å². The number of fused-ring (bicyclic) bond motifs is 3. The third-order valence-electron chi connectivity index (χ3n) is 6.80. The maximum atomic E-state index is 13.0. The lowest BCUT2D eigenvalue weighted by atomic mass is 9.76. The summed E-state index contributed by atoms with van der Waals surface area (Å²) in [5.74, 6) is -1.64. The number of nitrogens with one attached hydrogen (secondary N) is 2. The molecule has 2 aliphatic carbocycles. The summed E-state index contributed by atoms with van der Waals surface area (Å²) in [5, 5.41) is 14.8. The van der Waals surface area contributed by atoms with Gasteiger partial charge in [-0.2, -0.15) is 0 Å². The van der Waals surface area contributed by atoms with Crippen molar-refractivity contribution in [2.24, 2.45) is 0 Å². The first-order valence-corrected chi connectivity index (χ1v) is 11.6. The molecule has 0 radical (unpaired) electrons. The predicted molar refractivity (Wildman–Crippen MR) is 128 cm³/mol. The fraction of sp³-hybridized carbons (Fsp3) is 0.423. The van der Waals surface area contributed by atoms with E-state index >= 15 is 0 Å². The molecule has 2 aromatic rings. The van der Waals surface area contributed by atoms with Crippen LogP contribution in [0.5, 0.6) is 0 Å². The molecular formula is C26H31N3O5. The van der Waals surface area contributed by atoms with Crippen LogP contribution in [0, 0.1) is 0 Å². The molecule has 34 heavy (non-hydrogen) atoms. The van der Waals surface area contributed by atoms with E-state index in [1.807, 2.05) is 55.4 Å². The number of amides is 2. The Morgan fingerprint density at radius 3 is 2.15 bits per heavy atom. The zero-order chi connectivity index (χ0) is 24.3. The number of carbonyl (C=O) groups excluding carboxylic acids is 2. The molecule has 8 nitrogen and oxygen atoms in total. The Labute approximate surface area is 199 Å². The fourth-order valence-electron chi connectivity index (χ4n) is 4.71. The van der Waals surface area contributed by atoms with Crippen molar-refractivity contribution in [1.29, 1.82) is 0 Å². The molecule has 0 bridgehead atoms. The quantitative estimate of drug-likeness (QED) is 0.526. The SMILES string of the molecule is CN(C)CCC(NC(=O)C1(NC(=O)OCC2c3ccccc3-c3ccccc32)CCC1)C(=O)O. The van der Waals surface area contributed by atoms with Crippen LogP contribution in [-0.4, -0.2) is 66.8 Å². The molecule has 8 heteroatoms. The number of aliphatic carboxylic acids is 1. The van der Waals surface area contributed by atoms with E-state index in [0.29, 0.717) is 19.4 Å². The molecule has 180 valence electrons. The van der Waals surface area contributed by atoms with Crippen LogP contribution in [0.1, 0.15) is 42.7 Å². The number of alkyl carbamates (subject to hydrolysis) is 1. The Bertz CT molecular complexity index is 1030. The van der Waals surface area contributed by atoms with E-state index in [1.165, 1.54) is 0 Å². The molecule has 1 fully saturated rings. The van der Waals surface area contributed by atoms with Gasteiger partial charge in [0.1, 0.15) is 18.2 Å². The molecule has 1 unspecified atom stereocenters. The third-order valence-corrected chi connectivity index (χ3v) is 6.80. The Hall–Kier alpha value is -3.39. The Kier molecular flexibility index (Phi) is 6.88. The number of carboxylic acids is 1. The van der Waals surface area contributed by atoms with Crippen LogP contribution in [0.15, 0.2) is 48.5 Å². The van der Waals surface area contributed by atoms with Gasteiger partial charge in [0.15, 0.2) is 0 Å². The van der Waals surface area contributed by atoms with Gasteiger partial charge in [0.05, 0.1) is 0 Å².